The van der Waals surface area contributed by atoms with Crippen LogP contribution in [0.25, 0.3) is 0 Å². The Morgan fingerprint density at radius 2 is 2.11 bits per heavy atom. The largest absolute Gasteiger partial charge is 0.493 e. The zero-order valence-corrected chi connectivity index (χ0v) is 13.5. The highest BCUT2D eigenvalue weighted by Gasteiger charge is 2.13. The average molecular weight is 336 g/mol. The highest BCUT2D eigenvalue weighted by atomic mass is 79.9. The molecule has 0 N–H and O–H groups in total. The Hall–Kier alpha value is -0.410. The minimum atomic E-state index is 0.540. The summed E-state index contributed by atoms with van der Waals surface area (Å²) in [5, 5.41) is 1.36. The molecule has 0 saturated heterocycles. The van der Waals surface area contributed by atoms with Crippen LogP contribution in [-0.2, 0) is 5.33 Å². The maximum absolute atomic E-state index is 6.04. The Morgan fingerprint density at radius 1 is 1.39 bits per heavy atom. The summed E-state index contributed by atoms with van der Waals surface area (Å²) in [5.74, 6) is 2.03. The van der Waals surface area contributed by atoms with Gasteiger partial charge in [-0.25, -0.2) is 0 Å². The number of hydrogen-bond donors (Lipinski definition) is 0. The van der Waals surface area contributed by atoms with Crippen molar-refractivity contribution in [1.82, 2.24) is 0 Å². The normalized spacial score (nSPS) is 12.3. The number of benzene rings is 1. The lowest BCUT2D eigenvalue weighted by Crippen LogP contribution is -2.10. The minimum Gasteiger partial charge on any atom is -0.493 e. The molecule has 1 aromatic carbocycles. The Labute approximate surface area is 123 Å². The van der Waals surface area contributed by atoms with Crippen molar-refractivity contribution in [3.63, 3.8) is 0 Å². The van der Waals surface area contributed by atoms with E-state index in [-0.39, 0.29) is 0 Å². The molecule has 0 heterocycles. The Balaban J connectivity index is 2.85. The summed E-state index contributed by atoms with van der Waals surface area (Å²) in [6.07, 6.45) is 2.34. The first kappa shape index (κ1) is 15.6. The van der Waals surface area contributed by atoms with Crippen LogP contribution in [0.1, 0.15) is 32.3 Å². The van der Waals surface area contributed by atoms with E-state index in [0.717, 1.165) is 11.3 Å². The molecule has 102 valence electrons. The fraction of sp³-hybridized carbons (Fsp3) is 0.571. The molecule has 0 aromatic heterocycles. The average Bonchev–Trinajstić information content (AvgIpc) is 2.36. The summed E-state index contributed by atoms with van der Waals surface area (Å²) in [5.41, 5.74) is 1.02. The van der Waals surface area contributed by atoms with Crippen molar-refractivity contribution in [2.24, 2.45) is 5.92 Å². The predicted octanol–water partition coefficient (Wildman–Crippen LogP) is 5.06. The molecule has 4 heteroatoms. The molecule has 2 nitrogen and oxygen atoms in total. The molecule has 0 spiro atoms. The van der Waals surface area contributed by atoms with E-state index in [9.17, 15) is 0 Å². The summed E-state index contributed by atoms with van der Waals surface area (Å²) in [6, 6.07) is 3.69. The number of alkyl halides is 1. The standard InChI is InChI=1S/C14H20BrClO2/c1-4-5-10(2)9-18-14-11(8-15)6-12(16)7-13(14)17-3/h6-7,10H,4-5,8-9H2,1-3H3. The highest BCUT2D eigenvalue weighted by Crippen LogP contribution is 2.36. The third-order valence-corrected chi connectivity index (χ3v) is 3.58. The van der Waals surface area contributed by atoms with Crippen molar-refractivity contribution < 1.29 is 9.47 Å². The fourth-order valence-electron chi connectivity index (χ4n) is 1.84. The Morgan fingerprint density at radius 3 is 2.67 bits per heavy atom. The molecule has 0 aliphatic rings. The predicted molar refractivity (Wildman–Crippen MR) is 80.2 cm³/mol. The van der Waals surface area contributed by atoms with Crippen molar-refractivity contribution in [2.45, 2.75) is 32.0 Å². The lowest BCUT2D eigenvalue weighted by Gasteiger charge is -2.17. The zero-order valence-electron chi connectivity index (χ0n) is 11.1. The third kappa shape index (κ3) is 4.36. The van der Waals surface area contributed by atoms with E-state index < -0.39 is 0 Å². The van der Waals surface area contributed by atoms with Gasteiger partial charge < -0.3 is 9.47 Å². The second-order valence-electron chi connectivity index (χ2n) is 4.43. The topological polar surface area (TPSA) is 18.5 Å². The second kappa shape index (κ2) is 7.90. The van der Waals surface area contributed by atoms with Crippen LogP contribution < -0.4 is 9.47 Å². The highest BCUT2D eigenvalue weighted by molar-refractivity contribution is 9.08. The second-order valence-corrected chi connectivity index (χ2v) is 5.43. The first-order valence-corrected chi connectivity index (χ1v) is 7.67. The van der Waals surface area contributed by atoms with Gasteiger partial charge in [-0.1, -0.05) is 47.8 Å². The maximum atomic E-state index is 6.04. The van der Waals surface area contributed by atoms with Gasteiger partial charge in [0.2, 0.25) is 0 Å². The van der Waals surface area contributed by atoms with Gasteiger partial charge in [0.05, 0.1) is 13.7 Å². The van der Waals surface area contributed by atoms with Gasteiger partial charge in [-0.2, -0.15) is 0 Å². The van der Waals surface area contributed by atoms with E-state index in [1.54, 1.807) is 13.2 Å². The molecule has 0 saturated carbocycles. The summed E-state index contributed by atoms with van der Waals surface area (Å²) in [6.45, 7) is 5.08. The quantitative estimate of drug-likeness (QED) is 0.648. The van der Waals surface area contributed by atoms with Gasteiger partial charge in [0.15, 0.2) is 11.5 Å². The van der Waals surface area contributed by atoms with Crippen LogP contribution in [-0.4, -0.2) is 13.7 Å². The van der Waals surface area contributed by atoms with Gasteiger partial charge in [0.25, 0.3) is 0 Å². The van der Waals surface area contributed by atoms with Crippen LogP contribution in [0.15, 0.2) is 12.1 Å². The van der Waals surface area contributed by atoms with Gasteiger partial charge in [0.1, 0.15) is 0 Å². The summed E-state index contributed by atoms with van der Waals surface area (Å²) < 4.78 is 11.2. The molecule has 18 heavy (non-hydrogen) atoms. The molecular formula is C14H20BrClO2. The van der Waals surface area contributed by atoms with Crippen molar-refractivity contribution in [2.75, 3.05) is 13.7 Å². The van der Waals surface area contributed by atoms with Crippen LogP contribution in [0.4, 0.5) is 0 Å². The Bertz CT molecular complexity index is 357. The van der Waals surface area contributed by atoms with E-state index in [2.05, 4.69) is 29.8 Å². The maximum Gasteiger partial charge on any atom is 0.165 e. The molecule has 0 aliphatic carbocycles. The van der Waals surface area contributed by atoms with Crippen molar-refractivity contribution in [3.8, 4) is 11.5 Å². The van der Waals surface area contributed by atoms with Gasteiger partial charge in [-0.3, -0.25) is 0 Å². The van der Waals surface area contributed by atoms with Gasteiger partial charge in [0, 0.05) is 22.0 Å². The van der Waals surface area contributed by atoms with E-state index >= 15 is 0 Å². The minimum absolute atomic E-state index is 0.540. The summed E-state index contributed by atoms with van der Waals surface area (Å²) in [7, 11) is 1.63. The Kier molecular flexibility index (Phi) is 6.87. The lowest BCUT2D eigenvalue weighted by molar-refractivity contribution is 0.239. The molecule has 0 radical (unpaired) electrons. The molecule has 1 rings (SSSR count). The zero-order chi connectivity index (χ0) is 13.5. The van der Waals surface area contributed by atoms with Crippen LogP contribution in [0, 0.1) is 5.92 Å². The fourth-order valence-corrected chi connectivity index (χ4v) is 2.49. The third-order valence-electron chi connectivity index (χ3n) is 2.75. The number of hydrogen-bond acceptors (Lipinski definition) is 2. The van der Waals surface area contributed by atoms with Crippen LogP contribution >= 0.6 is 27.5 Å². The number of halogens is 2. The van der Waals surface area contributed by atoms with Crippen LogP contribution in [0.5, 0.6) is 11.5 Å². The van der Waals surface area contributed by atoms with E-state index in [4.69, 9.17) is 21.1 Å². The number of rotatable bonds is 7. The molecule has 0 bridgehead atoms. The molecule has 0 amide bonds. The van der Waals surface area contributed by atoms with Crippen molar-refractivity contribution >= 4 is 27.5 Å². The summed E-state index contributed by atoms with van der Waals surface area (Å²) in [4.78, 5) is 0. The van der Waals surface area contributed by atoms with E-state index in [1.807, 2.05) is 6.07 Å². The summed E-state index contributed by atoms with van der Waals surface area (Å²) >= 11 is 9.48. The van der Waals surface area contributed by atoms with Crippen LogP contribution in [0.2, 0.25) is 5.02 Å². The van der Waals surface area contributed by atoms with Crippen LogP contribution in [0.3, 0.4) is 0 Å². The molecular weight excluding hydrogens is 316 g/mol. The van der Waals surface area contributed by atoms with E-state index in [0.29, 0.717) is 28.6 Å². The van der Waals surface area contributed by atoms with Gasteiger partial charge in [-0.15, -0.1) is 0 Å². The van der Waals surface area contributed by atoms with Gasteiger partial charge >= 0.3 is 0 Å². The SMILES string of the molecule is CCCC(C)COc1c(CBr)cc(Cl)cc1OC. The molecule has 1 aromatic rings. The smallest absolute Gasteiger partial charge is 0.165 e. The molecule has 0 aliphatic heterocycles. The van der Waals surface area contributed by atoms with Gasteiger partial charge in [-0.05, 0) is 18.4 Å². The van der Waals surface area contributed by atoms with Crippen molar-refractivity contribution in [1.29, 1.82) is 0 Å². The van der Waals surface area contributed by atoms with E-state index in [1.165, 1.54) is 12.8 Å². The first-order valence-electron chi connectivity index (χ1n) is 6.17. The molecule has 1 atom stereocenters. The molecule has 1 unspecified atom stereocenters. The number of ether oxygens (including phenoxy) is 2. The lowest BCUT2D eigenvalue weighted by atomic mass is 10.1. The molecule has 0 fully saturated rings. The van der Waals surface area contributed by atoms with Crippen molar-refractivity contribution in [3.05, 3.63) is 22.7 Å². The number of methoxy groups -OCH3 is 1. The first-order chi connectivity index (χ1) is 8.62. The monoisotopic (exact) mass is 334 g/mol.